The van der Waals surface area contributed by atoms with Crippen LogP contribution in [-0.4, -0.2) is 45.7 Å². The maximum Gasteiger partial charge on any atom is 0.243 e. The summed E-state index contributed by atoms with van der Waals surface area (Å²) in [7, 11) is 0. The second-order valence-corrected chi connectivity index (χ2v) is 5.35. The maximum absolute atomic E-state index is 5.91. The standard InChI is InChI=1S/C13H18ClN5/c14-11-4-5-12-16-13(17-19(12)10-11)15-6-3-9-18-7-1-2-8-18/h4-5,10H,1-3,6-9H2,(H,15,17). The van der Waals surface area contributed by atoms with Crippen LogP contribution in [0, 0.1) is 0 Å². The molecule has 19 heavy (non-hydrogen) atoms. The summed E-state index contributed by atoms with van der Waals surface area (Å²) in [6.07, 6.45) is 5.58. The molecule has 0 unspecified atom stereocenters. The average molecular weight is 280 g/mol. The highest BCUT2D eigenvalue weighted by atomic mass is 35.5. The van der Waals surface area contributed by atoms with Gasteiger partial charge in [0, 0.05) is 12.7 Å². The Hall–Kier alpha value is -1.33. The number of halogens is 1. The first kappa shape index (κ1) is 12.7. The van der Waals surface area contributed by atoms with Crippen molar-refractivity contribution < 1.29 is 0 Å². The van der Waals surface area contributed by atoms with E-state index in [2.05, 4.69) is 20.3 Å². The second-order valence-electron chi connectivity index (χ2n) is 4.91. The van der Waals surface area contributed by atoms with Crippen LogP contribution in [-0.2, 0) is 0 Å². The molecule has 0 aromatic carbocycles. The van der Waals surface area contributed by atoms with Crippen molar-refractivity contribution in [1.29, 1.82) is 0 Å². The number of nitrogens with one attached hydrogen (secondary N) is 1. The molecular formula is C13H18ClN5. The summed E-state index contributed by atoms with van der Waals surface area (Å²) in [5.41, 5.74) is 0.812. The molecule has 2 aromatic rings. The number of nitrogens with zero attached hydrogens (tertiary/aromatic N) is 4. The highest BCUT2D eigenvalue weighted by Crippen LogP contribution is 2.11. The Morgan fingerprint density at radius 1 is 1.26 bits per heavy atom. The van der Waals surface area contributed by atoms with Gasteiger partial charge in [-0.3, -0.25) is 0 Å². The van der Waals surface area contributed by atoms with Gasteiger partial charge in [-0.25, -0.2) is 4.52 Å². The van der Waals surface area contributed by atoms with Crippen molar-refractivity contribution in [2.75, 3.05) is 31.5 Å². The van der Waals surface area contributed by atoms with E-state index in [1.807, 2.05) is 12.1 Å². The van der Waals surface area contributed by atoms with Crippen LogP contribution in [0.5, 0.6) is 0 Å². The molecule has 1 fully saturated rings. The normalized spacial score (nSPS) is 16.3. The molecule has 2 aromatic heterocycles. The van der Waals surface area contributed by atoms with E-state index in [0.717, 1.165) is 25.2 Å². The molecule has 1 aliphatic heterocycles. The molecule has 0 aliphatic carbocycles. The maximum atomic E-state index is 5.91. The minimum Gasteiger partial charge on any atom is -0.353 e. The van der Waals surface area contributed by atoms with Gasteiger partial charge in [-0.1, -0.05) is 11.6 Å². The van der Waals surface area contributed by atoms with Gasteiger partial charge in [0.25, 0.3) is 0 Å². The van der Waals surface area contributed by atoms with Gasteiger partial charge in [0.05, 0.1) is 5.02 Å². The predicted octanol–water partition coefficient (Wildman–Crippen LogP) is 2.28. The van der Waals surface area contributed by atoms with Crippen LogP contribution < -0.4 is 5.32 Å². The molecular weight excluding hydrogens is 262 g/mol. The van der Waals surface area contributed by atoms with Crippen LogP contribution in [0.1, 0.15) is 19.3 Å². The van der Waals surface area contributed by atoms with Crippen molar-refractivity contribution in [2.45, 2.75) is 19.3 Å². The van der Waals surface area contributed by atoms with Crippen molar-refractivity contribution >= 4 is 23.2 Å². The SMILES string of the molecule is Clc1ccc2nc(NCCCN3CCCC3)nn2c1. The first-order valence-electron chi connectivity index (χ1n) is 6.79. The molecule has 3 heterocycles. The summed E-state index contributed by atoms with van der Waals surface area (Å²) in [5, 5.41) is 8.27. The number of anilines is 1. The third kappa shape index (κ3) is 3.16. The minimum absolute atomic E-state index is 0.665. The van der Waals surface area contributed by atoms with Crippen LogP contribution >= 0.6 is 11.6 Å². The highest BCUT2D eigenvalue weighted by Gasteiger charge is 2.10. The number of hydrogen-bond donors (Lipinski definition) is 1. The largest absolute Gasteiger partial charge is 0.353 e. The minimum atomic E-state index is 0.665. The molecule has 0 amide bonds. The summed E-state index contributed by atoms with van der Waals surface area (Å²) in [4.78, 5) is 6.90. The summed E-state index contributed by atoms with van der Waals surface area (Å²) in [6.45, 7) is 4.57. The summed E-state index contributed by atoms with van der Waals surface area (Å²) < 4.78 is 1.70. The van der Waals surface area contributed by atoms with E-state index in [4.69, 9.17) is 11.6 Å². The molecule has 0 spiro atoms. The molecule has 1 aliphatic rings. The third-order valence-electron chi connectivity index (χ3n) is 3.43. The zero-order valence-corrected chi connectivity index (χ0v) is 11.6. The van der Waals surface area contributed by atoms with Crippen molar-refractivity contribution in [3.8, 4) is 0 Å². The van der Waals surface area contributed by atoms with E-state index < -0.39 is 0 Å². The molecule has 6 heteroatoms. The van der Waals surface area contributed by atoms with Crippen molar-refractivity contribution in [3.05, 3.63) is 23.4 Å². The molecule has 3 rings (SSSR count). The van der Waals surface area contributed by atoms with E-state index in [1.165, 1.54) is 25.9 Å². The van der Waals surface area contributed by atoms with Gasteiger partial charge in [0.1, 0.15) is 0 Å². The Kier molecular flexibility index (Phi) is 3.84. The molecule has 1 saturated heterocycles. The number of aromatic nitrogens is 3. The van der Waals surface area contributed by atoms with Crippen LogP contribution in [0.2, 0.25) is 5.02 Å². The monoisotopic (exact) mass is 279 g/mol. The summed E-state index contributed by atoms with van der Waals surface area (Å²) >= 11 is 5.91. The number of likely N-dealkylation sites (tertiary alicyclic amines) is 1. The van der Waals surface area contributed by atoms with Gasteiger partial charge in [0.15, 0.2) is 5.65 Å². The van der Waals surface area contributed by atoms with Crippen LogP contribution in [0.25, 0.3) is 5.65 Å². The third-order valence-corrected chi connectivity index (χ3v) is 3.65. The van der Waals surface area contributed by atoms with Crippen LogP contribution in [0.3, 0.4) is 0 Å². The fourth-order valence-corrected chi connectivity index (χ4v) is 2.60. The summed E-state index contributed by atoms with van der Waals surface area (Å²) in [6, 6.07) is 3.69. The van der Waals surface area contributed by atoms with Crippen molar-refractivity contribution in [1.82, 2.24) is 19.5 Å². The smallest absolute Gasteiger partial charge is 0.243 e. The van der Waals surface area contributed by atoms with E-state index in [1.54, 1.807) is 10.7 Å². The van der Waals surface area contributed by atoms with E-state index in [0.29, 0.717) is 11.0 Å². The van der Waals surface area contributed by atoms with Gasteiger partial charge in [-0.15, -0.1) is 5.10 Å². The lowest BCUT2D eigenvalue weighted by Crippen LogP contribution is -2.22. The lowest BCUT2D eigenvalue weighted by molar-refractivity contribution is 0.337. The molecule has 5 nitrogen and oxygen atoms in total. The van der Waals surface area contributed by atoms with E-state index in [9.17, 15) is 0 Å². The van der Waals surface area contributed by atoms with Gasteiger partial charge in [0.2, 0.25) is 5.95 Å². The fourth-order valence-electron chi connectivity index (χ4n) is 2.44. The lowest BCUT2D eigenvalue weighted by Gasteiger charge is -2.13. The predicted molar refractivity (Wildman–Crippen MR) is 76.8 cm³/mol. The highest BCUT2D eigenvalue weighted by molar-refractivity contribution is 6.30. The Morgan fingerprint density at radius 2 is 2.11 bits per heavy atom. The zero-order chi connectivity index (χ0) is 13.1. The van der Waals surface area contributed by atoms with Gasteiger partial charge in [-0.2, -0.15) is 4.98 Å². The summed E-state index contributed by atoms with van der Waals surface area (Å²) in [5.74, 6) is 0.670. The molecule has 0 saturated carbocycles. The molecule has 0 radical (unpaired) electrons. The Labute approximate surface area is 117 Å². The number of fused-ring (bicyclic) bond motifs is 1. The zero-order valence-electron chi connectivity index (χ0n) is 10.8. The first-order valence-corrected chi connectivity index (χ1v) is 7.17. The fraction of sp³-hybridized carbons (Fsp3) is 0.538. The Morgan fingerprint density at radius 3 is 2.95 bits per heavy atom. The van der Waals surface area contributed by atoms with Crippen LogP contribution in [0.4, 0.5) is 5.95 Å². The Bertz CT molecular complexity index is 547. The quantitative estimate of drug-likeness (QED) is 0.853. The topological polar surface area (TPSA) is 45.5 Å². The average Bonchev–Trinajstić information content (AvgIpc) is 3.02. The van der Waals surface area contributed by atoms with Gasteiger partial charge >= 0.3 is 0 Å². The number of pyridine rings is 1. The number of hydrogen-bond acceptors (Lipinski definition) is 4. The Balaban J connectivity index is 1.50. The molecule has 1 N–H and O–H groups in total. The van der Waals surface area contributed by atoms with Gasteiger partial charge in [-0.05, 0) is 51.0 Å². The first-order chi connectivity index (χ1) is 9.31. The van der Waals surface area contributed by atoms with E-state index >= 15 is 0 Å². The molecule has 0 atom stereocenters. The lowest BCUT2D eigenvalue weighted by atomic mass is 10.4. The van der Waals surface area contributed by atoms with Gasteiger partial charge < -0.3 is 10.2 Å². The second kappa shape index (κ2) is 5.75. The van der Waals surface area contributed by atoms with Crippen molar-refractivity contribution in [3.63, 3.8) is 0 Å². The number of rotatable bonds is 5. The van der Waals surface area contributed by atoms with E-state index in [-0.39, 0.29) is 0 Å². The molecule has 102 valence electrons. The molecule has 0 bridgehead atoms. The van der Waals surface area contributed by atoms with Crippen molar-refractivity contribution in [2.24, 2.45) is 0 Å². The van der Waals surface area contributed by atoms with Crippen LogP contribution in [0.15, 0.2) is 18.3 Å².